The normalized spacial score (nSPS) is 19.2. The number of sulfonamides is 1. The number of aromatic nitrogens is 3. The summed E-state index contributed by atoms with van der Waals surface area (Å²) >= 11 is 0. The van der Waals surface area contributed by atoms with E-state index < -0.39 is 15.9 Å². The number of aliphatic hydroxyl groups excluding tert-OH is 1. The zero-order valence-corrected chi connectivity index (χ0v) is 20.0. The molecule has 5 rings (SSSR count). The van der Waals surface area contributed by atoms with Gasteiger partial charge >= 0.3 is 0 Å². The topological polar surface area (TPSA) is 117 Å². The van der Waals surface area contributed by atoms with Crippen LogP contribution in [0.25, 0.3) is 16.7 Å². The second-order valence-electron chi connectivity index (χ2n) is 9.33. The van der Waals surface area contributed by atoms with E-state index in [0.29, 0.717) is 18.1 Å². The van der Waals surface area contributed by atoms with E-state index in [9.17, 15) is 18.3 Å². The zero-order valence-electron chi connectivity index (χ0n) is 19.1. The molecule has 2 N–H and O–H groups in total. The Balaban J connectivity index is 1.74. The Morgan fingerprint density at radius 3 is 2.59 bits per heavy atom. The lowest BCUT2D eigenvalue weighted by Crippen LogP contribution is -2.37. The Kier molecular flexibility index (Phi) is 6.03. The second kappa shape index (κ2) is 8.99. The Labute approximate surface area is 198 Å². The fraction of sp³-hybridized carbons (Fsp3) is 0.458. The van der Waals surface area contributed by atoms with E-state index in [4.69, 9.17) is 5.10 Å². The van der Waals surface area contributed by atoms with Crippen LogP contribution in [0.1, 0.15) is 54.2 Å². The summed E-state index contributed by atoms with van der Waals surface area (Å²) in [6, 6.07) is 11.3. The molecule has 2 fully saturated rings. The fourth-order valence-electron chi connectivity index (χ4n) is 4.86. The SMILES string of the molecule is CS(=O)(=O)NC(=O)c1cc(N2CCC[C@@H](CO)C2)c2c(C3CCC3)nn(-c3ccccc3)c2n1. The molecule has 2 aromatic heterocycles. The number of hydrogen-bond acceptors (Lipinski definition) is 7. The molecule has 3 heterocycles. The highest BCUT2D eigenvalue weighted by atomic mass is 32.2. The molecule has 1 aliphatic heterocycles. The largest absolute Gasteiger partial charge is 0.396 e. The van der Waals surface area contributed by atoms with Crippen LogP contribution in [0.3, 0.4) is 0 Å². The number of amides is 1. The van der Waals surface area contributed by atoms with Crippen LogP contribution in [-0.4, -0.2) is 60.1 Å². The van der Waals surface area contributed by atoms with Crippen LogP contribution in [0.2, 0.25) is 0 Å². The van der Waals surface area contributed by atoms with Gasteiger partial charge in [0.2, 0.25) is 10.0 Å². The standard InChI is InChI=1S/C24H29N5O4S/c1-34(32,33)27-24(31)19-13-20(28-12-6-7-16(14-28)15-30)21-22(17-8-5-9-17)26-29(23(21)25-19)18-10-3-2-4-11-18/h2-4,10-11,13,16-17,30H,5-9,12,14-15H2,1H3,(H,27,31)/t16-/m1/s1. The summed E-state index contributed by atoms with van der Waals surface area (Å²) in [6.07, 6.45) is 6.07. The third kappa shape index (κ3) is 4.39. The maximum Gasteiger partial charge on any atom is 0.283 e. The maximum atomic E-state index is 12.9. The van der Waals surface area contributed by atoms with E-state index in [1.165, 1.54) is 0 Å². The molecule has 9 nitrogen and oxygen atoms in total. The summed E-state index contributed by atoms with van der Waals surface area (Å²) in [5.41, 5.74) is 3.18. The number of aliphatic hydroxyl groups is 1. The van der Waals surface area contributed by atoms with Gasteiger partial charge in [-0.25, -0.2) is 22.8 Å². The number of carbonyl (C=O) groups is 1. The minimum Gasteiger partial charge on any atom is -0.396 e. The molecule has 1 saturated heterocycles. The predicted molar refractivity (Wildman–Crippen MR) is 130 cm³/mol. The van der Waals surface area contributed by atoms with Crippen molar-refractivity contribution >= 4 is 32.7 Å². The summed E-state index contributed by atoms with van der Waals surface area (Å²) in [5, 5.41) is 15.7. The van der Waals surface area contributed by atoms with Gasteiger partial charge < -0.3 is 10.0 Å². The maximum absolute atomic E-state index is 12.9. The molecule has 180 valence electrons. The van der Waals surface area contributed by atoms with Crippen LogP contribution in [0.5, 0.6) is 0 Å². The smallest absolute Gasteiger partial charge is 0.283 e. The summed E-state index contributed by atoms with van der Waals surface area (Å²) in [5.74, 6) is -0.309. The monoisotopic (exact) mass is 483 g/mol. The van der Waals surface area contributed by atoms with Gasteiger partial charge in [-0.1, -0.05) is 24.6 Å². The van der Waals surface area contributed by atoms with Crippen molar-refractivity contribution in [1.29, 1.82) is 0 Å². The number of benzene rings is 1. The third-order valence-corrected chi connectivity index (χ3v) is 7.32. The number of carbonyl (C=O) groups excluding carboxylic acids is 1. The van der Waals surface area contributed by atoms with Crippen molar-refractivity contribution in [3.63, 3.8) is 0 Å². The number of pyridine rings is 1. The van der Waals surface area contributed by atoms with Gasteiger partial charge in [0.05, 0.1) is 28.7 Å². The highest BCUT2D eigenvalue weighted by Crippen LogP contribution is 2.43. The first-order valence-electron chi connectivity index (χ1n) is 11.7. The molecule has 0 unspecified atom stereocenters. The summed E-state index contributed by atoms with van der Waals surface area (Å²) < 4.78 is 27.3. The number of para-hydroxylation sites is 1. The number of anilines is 1. The minimum atomic E-state index is -3.75. The van der Waals surface area contributed by atoms with E-state index in [-0.39, 0.29) is 18.2 Å². The van der Waals surface area contributed by atoms with Crippen LogP contribution in [-0.2, 0) is 10.0 Å². The van der Waals surface area contributed by atoms with Gasteiger partial charge in [0.1, 0.15) is 5.69 Å². The number of piperidine rings is 1. The number of rotatable bonds is 6. The van der Waals surface area contributed by atoms with Crippen LogP contribution < -0.4 is 9.62 Å². The number of nitrogens with zero attached hydrogens (tertiary/aromatic N) is 4. The van der Waals surface area contributed by atoms with Gasteiger partial charge in [0.15, 0.2) is 5.65 Å². The molecule has 1 atom stereocenters. The molecule has 0 radical (unpaired) electrons. The minimum absolute atomic E-state index is 0.0243. The van der Waals surface area contributed by atoms with E-state index >= 15 is 0 Å². The van der Waals surface area contributed by atoms with Gasteiger partial charge in [0, 0.05) is 25.6 Å². The Bertz CT molecular complexity index is 1320. The van der Waals surface area contributed by atoms with Gasteiger partial charge in [-0.15, -0.1) is 0 Å². The Hall–Kier alpha value is -2.98. The molecule has 2 aliphatic rings. The van der Waals surface area contributed by atoms with Crippen molar-refractivity contribution in [2.45, 2.75) is 38.0 Å². The van der Waals surface area contributed by atoms with Gasteiger partial charge in [-0.05, 0) is 49.8 Å². The lowest BCUT2D eigenvalue weighted by molar-refractivity contribution is 0.0977. The van der Waals surface area contributed by atoms with E-state index in [1.807, 2.05) is 35.1 Å². The fourth-order valence-corrected chi connectivity index (χ4v) is 5.30. The van der Waals surface area contributed by atoms with E-state index in [2.05, 4.69) is 9.88 Å². The van der Waals surface area contributed by atoms with Crippen molar-refractivity contribution in [2.75, 3.05) is 30.9 Å². The Morgan fingerprint density at radius 1 is 1.18 bits per heavy atom. The Morgan fingerprint density at radius 2 is 1.94 bits per heavy atom. The van der Waals surface area contributed by atoms with Crippen LogP contribution in [0.4, 0.5) is 5.69 Å². The number of fused-ring (bicyclic) bond motifs is 1. The molecule has 1 saturated carbocycles. The molecule has 1 aromatic carbocycles. The lowest BCUT2D eigenvalue weighted by Gasteiger charge is -2.34. The number of nitrogens with one attached hydrogen (secondary N) is 1. The van der Waals surface area contributed by atoms with E-state index in [0.717, 1.165) is 67.4 Å². The molecule has 10 heteroatoms. The molecule has 3 aromatic rings. The highest BCUT2D eigenvalue weighted by molar-refractivity contribution is 7.89. The molecular weight excluding hydrogens is 454 g/mol. The lowest BCUT2D eigenvalue weighted by atomic mass is 9.81. The van der Waals surface area contributed by atoms with Crippen molar-refractivity contribution in [3.8, 4) is 5.69 Å². The van der Waals surface area contributed by atoms with Crippen molar-refractivity contribution < 1.29 is 18.3 Å². The van der Waals surface area contributed by atoms with Crippen molar-refractivity contribution in [3.05, 3.63) is 47.8 Å². The molecule has 1 amide bonds. The number of hydrogen-bond donors (Lipinski definition) is 2. The van der Waals surface area contributed by atoms with E-state index in [1.54, 1.807) is 10.7 Å². The summed E-state index contributed by atoms with van der Waals surface area (Å²) in [6.45, 7) is 1.54. The highest BCUT2D eigenvalue weighted by Gasteiger charge is 2.31. The molecular formula is C24H29N5O4S. The first-order chi connectivity index (χ1) is 16.3. The van der Waals surface area contributed by atoms with Crippen molar-refractivity contribution in [1.82, 2.24) is 19.5 Å². The predicted octanol–water partition coefficient (Wildman–Crippen LogP) is 2.59. The van der Waals surface area contributed by atoms with Gasteiger partial charge in [-0.3, -0.25) is 4.79 Å². The average molecular weight is 484 g/mol. The van der Waals surface area contributed by atoms with Gasteiger partial charge in [0.25, 0.3) is 5.91 Å². The quantitative estimate of drug-likeness (QED) is 0.553. The molecule has 34 heavy (non-hydrogen) atoms. The average Bonchev–Trinajstić information content (AvgIpc) is 3.16. The van der Waals surface area contributed by atoms with Crippen LogP contribution in [0, 0.1) is 5.92 Å². The summed E-state index contributed by atoms with van der Waals surface area (Å²) in [4.78, 5) is 19.7. The zero-order chi connectivity index (χ0) is 23.9. The van der Waals surface area contributed by atoms with Gasteiger partial charge in [-0.2, -0.15) is 5.10 Å². The second-order valence-corrected chi connectivity index (χ2v) is 11.1. The first-order valence-corrected chi connectivity index (χ1v) is 13.6. The first kappa shape index (κ1) is 22.8. The van der Waals surface area contributed by atoms with Crippen LogP contribution in [0.15, 0.2) is 36.4 Å². The van der Waals surface area contributed by atoms with Crippen molar-refractivity contribution in [2.24, 2.45) is 5.92 Å². The molecule has 0 spiro atoms. The third-order valence-electron chi connectivity index (χ3n) is 6.77. The summed E-state index contributed by atoms with van der Waals surface area (Å²) in [7, 11) is -3.75. The molecule has 0 bridgehead atoms. The van der Waals surface area contributed by atoms with Crippen LogP contribution >= 0.6 is 0 Å². The molecule has 1 aliphatic carbocycles.